The van der Waals surface area contributed by atoms with Crippen molar-refractivity contribution in [2.45, 2.75) is 6.54 Å². The van der Waals surface area contributed by atoms with Crippen molar-refractivity contribution in [1.29, 1.82) is 0 Å². The van der Waals surface area contributed by atoms with Gasteiger partial charge in [-0.25, -0.2) is 0 Å². The minimum absolute atomic E-state index is 0.0851. The highest BCUT2D eigenvalue weighted by atomic mass is 16.5. The second-order valence-corrected chi connectivity index (χ2v) is 6.95. The van der Waals surface area contributed by atoms with E-state index in [1.807, 2.05) is 41.3 Å². The van der Waals surface area contributed by atoms with Crippen LogP contribution in [0.5, 0.6) is 11.5 Å². The highest BCUT2D eigenvalue weighted by molar-refractivity contribution is 5.99. The van der Waals surface area contributed by atoms with Crippen molar-refractivity contribution >= 4 is 5.91 Å². The number of amides is 1. The van der Waals surface area contributed by atoms with E-state index in [0.717, 1.165) is 24.6 Å². The van der Waals surface area contributed by atoms with Crippen molar-refractivity contribution in [3.8, 4) is 17.2 Å². The molecular formula is C21H24N6O3. The number of hydrogen-bond acceptors (Lipinski definition) is 7. The number of benzene rings is 2. The molecule has 0 bridgehead atoms. The van der Waals surface area contributed by atoms with E-state index in [0.29, 0.717) is 36.7 Å². The van der Waals surface area contributed by atoms with E-state index < -0.39 is 0 Å². The van der Waals surface area contributed by atoms with Gasteiger partial charge in [0.1, 0.15) is 17.1 Å². The van der Waals surface area contributed by atoms with Gasteiger partial charge in [0.05, 0.1) is 26.5 Å². The van der Waals surface area contributed by atoms with Gasteiger partial charge in [0.15, 0.2) is 5.82 Å². The van der Waals surface area contributed by atoms with E-state index in [1.165, 1.54) is 0 Å². The lowest BCUT2D eigenvalue weighted by atomic mass is 10.1. The Bertz CT molecular complexity index is 977. The average molecular weight is 408 g/mol. The molecule has 156 valence electrons. The molecule has 0 atom stereocenters. The van der Waals surface area contributed by atoms with Gasteiger partial charge in [0.2, 0.25) is 0 Å². The predicted octanol–water partition coefficient (Wildman–Crippen LogP) is 1.64. The zero-order valence-electron chi connectivity index (χ0n) is 17.1. The molecule has 3 aromatic rings. The Balaban J connectivity index is 1.42. The van der Waals surface area contributed by atoms with Crippen molar-refractivity contribution in [1.82, 2.24) is 30.0 Å². The van der Waals surface area contributed by atoms with Crippen LogP contribution in [-0.2, 0) is 6.54 Å². The molecule has 9 nitrogen and oxygen atoms in total. The lowest BCUT2D eigenvalue weighted by Gasteiger charge is -2.34. The Morgan fingerprint density at radius 1 is 0.933 bits per heavy atom. The number of methoxy groups -OCH3 is 2. The van der Waals surface area contributed by atoms with Gasteiger partial charge in [-0.1, -0.05) is 24.3 Å². The molecule has 1 aromatic heterocycles. The highest BCUT2D eigenvalue weighted by Gasteiger charge is 2.27. The number of carbonyl (C=O) groups excluding carboxylic acids is 1. The first kappa shape index (κ1) is 19.8. The fourth-order valence-electron chi connectivity index (χ4n) is 3.60. The summed E-state index contributed by atoms with van der Waals surface area (Å²) in [5.41, 5.74) is 1.39. The number of nitrogens with zero attached hydrogens (tertiary/aromatic N) is 6. The summed E-state index contributed by atoms with van der Waals surface area (Å²) >= 11 is 0. The molecule has 9 heteroatoms. The Morgan fingerprint density at radius 3 is 2.23 bits per heavy atom. The monoisotopic (exact) mass is 408 g/mol. The third-order valence-corrected chi connectivity index (χ3v) is 5.20. The van der Waals surface area contributed by atoms with E-state index in [1.54, 1.807) is 31.0 Å². The molecule has 2 aromatic carbocycles. The minimum atomic E-state index is -0.0851. The highest BCUT2D eigenvalue weighted by Crippen LogP contribution is 2.30. The van der Waals surface area contributed by atoms with Gasteiger partial charge in [-0.05, 0) is 34.7 Å². The normalized spacial score (nSPS) is 14.5. The van der Waals surface area contributed by atoms with Crippen LogP contribution in [-0.4, -0.2) is 76.3 Å². The number of aromatic nitrogens is 4. The number of hydrogen-bond donors (Lipinski definition) is 0. The van der Waals surface area contributed by atoms with Crippen LogP contribution in [0.3, 0.4) is 0 Å². The molecular weight excluding hydrogens is 384 g/mol. The molecule has 30 heavy (non-hydrogen) atoms. The van der Waals surface area contributed by atoms with E-state index in [-0.39, 0.29) is 5.91 Å². The van der Waals surface area contributed by atoms with Crippen molar-refractivity contribution < 1.29 is 14.3 Å². The van der Waals surface area contributed by atoms with Crippen molar-refractivity contribution in [3.05, 3.63) is 59.9 Å². The summed E-state index contributed by atoms with van der Waals surface area (Å²) in [5.74, 6) is 1.72. The van der Waals surface area contributed by atoms with Crippen LogP contribution in [0, 0.1) is 0 Å². The molecule has 1 aliphatic heterocycles. The van der Waals surface area contributed by atoms with Gasteiger partial charge in [-0.15, -0.1) is 5.10 Å². The molecule has 1 fully saturated rings. The summed E-state index contributed by atoms with van der Waals surface area (Å²) in [6.45, 7) is 3.28. The Morgan fingerprint density at radius 2 is 1.60 bits per heavy atom. The maximum atomic E-state index is 13.1. The smallest absolute Gasteiger partial charge is 0.261 e. The van der Waals surface area contributed by atoms with Gasteiger partial charge in [0.25, 0.3) is 5.91 Å². The molecule has 4 rings (SSSR count). The predicted molar refractivity (Wildman–Crippen MR) is 110 cm³/mol. The van der Waals surface area contributed by atoms with E-state index >= 15 is 0 Å². The molecule has 1 saturated heterocycles. The Labute approximate surface area is 174 Å². The third kappa shape index (κ3) is 3.97. The maximum absolute atomic E-state index is 13.1. The zero-order chi connectivity index (χ0) is 20.9. The number of piperazine rings is 1. The van der Waals surface area contributed by atoms with Crippen molar-refractivity contribution in [3.63, 3.8) is 0 Å². The van der Waals surface area contributed by atoms with E-state index in [9.17, 15) is 4.79 Å². The van der Waals surface area contributed by atoms with Crippen molar-refractivity contribution in [2.24, 2.45) is 0 Å². The number of para-hydroxylation sites is 1. The maximum Gasteiger partial charge on any atom is 0.261 e. The SMILES string of the molecule is COc1cccc(OC)c1C(=O)N1CCN(Cc2nnnn2-c2ccccc2)CC1. The second kappa shape index (κ2) is 8.91. The van der Waals surface area contributed by atoms with Crippen LogP contribution in [0.4, 0.5) is 0 Å². The molecule has 0 aliphatic carbocycles. The van der Waals surface area contributed by atoms with Crippen LogP contribution in [0.25, 0.3) is 5.69 Å². The largest absolute Gasteiger partial charge is 0.496 e. The fraction of sp³-hybridized carbons (Fsp3) is 0.333. The topological polar surface area (TPSA) is 85.6 Å². The summed E-state index contributed by atoms with van der Waals surface area (Å²) in [6, 6.07) is 15.2. The summed E-state index contributed by atoms with van der Waals surface area (Å²) < 4.78 is 12.5. The third-order valence-electron chi connectivity index (χ3n) is 5.20. The van der Waals surface area contributed by atoms with Crippen LogP contribution in [0.1, 0.15) is 16.2 Å². The first-order valence-corrected chi connectivity index (χ1v) is 9.76. The number of carbonyl (C=O) groups is 1. The average Bonchev–Trinajstić information content (AvgIpc) is 3.27. The molecule has 0 saturated carbocycles. The molecule has 0 spiro atoms. The minimum Gasteiger partial charge on any atom is -0.496 e. The quantitative estimate of drug-likeness (QED) is 0.613. The Hall–Kier alpha value is -3.46. The summed E-state index contributed by atoms with van der Waals surface area (Å²) in [6.07, 6.45) is 0. The molecule has 0 unspecified atom stereocenters. The van der Waals surface area contributed by atoms with E-state index in [4.69, 9.17) is 9.47 Å². The van der Waals surface area contributed by atoms with Gasteiger partial charge in [-0.2, -0.15) is 4.68 Å². The molecule has 0 N–H and O–H groups in total. The van der Waals surface area contributed by atoms with Gasteiger partial charge < -0.3 is 14.4 Å². The molecule has 1 amide bonds. The summed E-state index contributed by atoms with van der Waals surface area (Å²) in [4.78, 5) is 17.2. The molecule has 1 aliphatic rings. The summed E-state index contributed by atoms with van der Waals surface area (Å²) in [5, 5.41) is 12.1. The number of tetrazole rings is 1. The van der Waals surface area contributed by atoms with Gasteiger partial charge >= 0.3 is 0 Å². The Kier molecular flexibility index (Phi) is 5.89. The number of ether oxygens (including phenoxy) is 2. The summed E-state index contributed by atoms with van der Waals surface area (Å²) in [7, 11) is 3.11. The lowest BCUT2D eigenvalue weighted by molar-refractivity contribution is 0.0618. The second-order valence-electron chi connectivity index (χ2n) is 6.95. The van der Waals surface area contributed by atoms with E-state index in [2.05, 4.69) is 20.4 Å². The van der Waals surface area contributed by atoms with Crippen LogP contribution < -0.4 is 9.47 Å². The van der Waals surface area contributed by atoms with Gasteiger partial charge in [-0.3, -0.25) is 9.69 Å². The standard InChI is InChI=1S/C21H24N6O3/c1-29-17-9-6-10-18(30-2)20(17)21(28)26-13-11-25(12-14-26)15-19-22-23-24-27(19)16-7-4-3-5-8-16/h3-10H,11-15H2,1-2H3. The van der Waals surface area contributed by atoms with Crippen LogP contribution in [0.15, 0.2) is 48.5 Å². The molecule has 2 heterocycles. The van der Waals surface area contributed by atoms with Crippen LogP contribution >= 0.6 is 0 Å². The lowest BCUT2D eigenvalue weighted by Crippen LogP contribution is -2.48. The van der Waals surface area contributed by atoms with Crippen LogP contribution in [0.2, 0.25) is 0 Å². The van der Waals surface area contributed by atoms with Crippen molar-refractivity contribution in [2.75, 3.05) is 40.4 Å². The number of rotatable bonds is 6. The molecule has 0 radical (unpaired) electrons. The first-order valence-electron chi connectivity index (χ1n) is 9.76. The zero-order valence-corrected chi connectivity index (χ0v) is 17.1. The van der Waals surface area contributed by atoms with Gasteiger partial charge in [0, 0.05) is 26.2 Å². The fourth-order valence-corrected chi connectivity index (χ4v) is 3.60. The first-order chi connectivity index (χ1) is 14.7.